The zero-order valence-electron chi connectivity index (χ0n) is 12.6. The molecule has 1 atom stereocenters. The van der Waals surface area contributed by atoms with Crippen molar-refractivity contribution in [3.05, 3.63) is 39.7 Å². The van der Waals surface area contributed by atoms with Crippen LogP contribution in [0.5, 0.6) is 0 Å². The normalized spacial score (nSPS) is 20.2. The lowest BCUT2D eigenvalue weighted by Gasteiger charge is -2.20. The van der Waals surface area contributed by atoms with Gasteiger partial charge >= 0.3 is 5.69 Å². The fourth-order valence-corrected chi connectivity index (χ4v) is 3.15. The molecular weight excluding hydrogens is 271 g/mol. The first-order chi connectivity index (χ1) is 10.1. The van der Waals surface area contributed by atoms with Crippen molar-refractivity contribution in [1.82, 2.24) is 4.90 Å². The molecule has 1 heterocycles. The maximum atomic E-state index is 14.1. The van der Waals surface area contributed by atoms with Crippen LogP contribution < -0.4 is 0 Å². The summed E-state index contributed by atoms with van der Waals surface area (Å²) in [5, 5.41) is 10.8. The molecule has 1 fully saturated rings. The third-order valence-corrected chi connectivity index (χ3v) is 4.29. The van der Waals surface area contributed by atoms with Gasteiger partial charge in [0.25, 0.3) is 0 Å². The molecule has 0 aromatic heterocycles. The van der Waals surface area contributed by atoms with Crippen molar-refractivity contribution >= 4 is 5.69 Å². The highest BCUT2D eigenvalue weighted by molar-refractivity contribution is 5.36. The van der Waals surface area contributed by atoms with E-state index in [1.807, 2.05) is 0 Å². The summed E-state index contributed by atoms with van der Waals surface area (Å²) in [7, 11) is 0. The van der Waals surface area contributed by atoms with Crippen molar-refractivity contribution < 1.29 is 9.31 Å². The molecule has 1 saturated heterocycles. The third kappa shape index (κ3) is 4.24. The first-order valence-electron chi connectivity index (χ1n) is 7.76. The van der Waals surface area contributed by atoms with Crippen molar-refractivity contribution in [3.8, 4) is 0 Å². The molecule has 1 aromatic rings. The highest BCUT2D eigenvalue weighted by atomic mass is 19.1. The fraction of sp³-hybridized carbons (Fsp3) is 0.625. The van der Waals surface area contributed by atoms with E-state index in [2.05, 4.69) is 11.8 Å². The van der Waals surface area contributed by atoms with Crippen LogP contribution in [0, 0.1) is 21.8 Å². The van der Waals surface area contributed by atoms with E-state index < -0.39 is 16.4 Å². The highest BCUT2D eigenvalue weighted by Crippen LogP contribution is 2.25. The van der Waals surface area contributed by atoms with Gasteiger partial charge < -0.3 is 0 Å². The summed E-state index contributed by atoms with van der Waals surface area (Å²) in [6.45, 7) is 4.57. The summed E-state index contributed by atoms with van der Waals surface area (Å²) >= 11 is 0. The molecule has 1 aliphatic rings. The standard InChI is InChI=1S/C16H23FN2O2/c1-2-5-13-6-4-10-18(11-9-13)12-14-7-3-8-15(16(14)17)19(20)21/h3,7-8,13H,2,4-6,9-12H2,1H3. The number of nitrogens with zero attached hydrogens (tertiary/aromatic N) is 2. The van der Waals surface area contributed by atoms with Gasteiger partial charge in [-0.05, 0) is 38.3 Å². The van der Waals surface area contributed by atoms with Gasteiger partial charge in [-0.25, -0.2) is 0 Å². The van der Waals surface area contributed by atoms with Crippen LogP contribution in [0.25, 0.3) is 0 Å². The summed E-state index contributed by atoms with van der Waals surface area (Å²) < 4.78 is 14.1. The summed E-state index contributed by atoms with van der Waals surface area (Å²) in [5.41, 5.74) is 0.00400. The van der Waals surface area contributed by atoms with Crippen molar-refractivity contribution in [2.45, 2.75) is 45.6 Å². The lowest BCUT2D eigenvalue weighted by Crippen LogP contribution is -2.25. The molecule has 0 aliphatic carbocycles. The Morgan fingerprint density at radius 2 is 2.19 bits per heavy atom. The number of halogens is 1. The molecule has 0 amide bonds. The summed E-state index contributed by atoms with van der Waals surface area (Å²) in [6.07, 6.45) is 5.98. The van der Waals surface area contributed by atoms with E-state index in [-0.39, 0.29) is 0 Å². The second kappa shape index (κ2) is 7.50. The molecule has 0 saturated carbocycles. The molecule has 21 heavy (non-hydrogen) atoms. The summed E-state index contributed by atoms with van der Waals surface area (Å²) in [5.74, 6) is 0.0896. The number of hydrogen-bond donors (Lipinski definition) is 0. The summed E-state index contributed by atoms with van der Waals surface area (Å²) in [6, 6.07) is 4.43. The summed E-state index contributed by atoms with van der Waals surface area (Å²) in [4.78, 5) is 12.4. The predicted molar refractivity (Wildman–Crippen MR) is 80.6 cm³/mol. The van der Waals surface area contributed by atoms with Crippen molar-refractivity contribution in [2.75, 3.05) is 13.1 Å². The highest BCUT2D eigenvalue weighted by Gasteiger charge is 2.21. The van der Waals surface area contributed by atoms with Crippen LogP contribution in [0.3, 0.4) is 0 Å². The van der Waals surface area contributed by atoms with E-state index in [9.17, 15) is 14.5 Å². The Hall–Kier alpha value is -1.49. The van der Waals surface area contributed by atoms with Gasteiger partial charge in [-0.1, -0.05) is 31.9 Å². The third-order valence-electron chi connectivity index (χ3n) is 4.29. The van der Waals surface area contributed by atoms with Crippen LogP contribution in [-0.2, 0) is 6.54 Å². The number of likely N-dealkylation sites (tertiary alicyclic amines) is 1. The maximum Gasteiger partial charge on any atom is 0.305 e. The van der Waals surface area contributed by atoms with Gasteiger partial charge in [0.2, 0.25) is 5.82 Å². The second-order valence-electron chi connectivity index (χ2n) is 5.87. The Kier molecular flexibility index (Phi) is 5.67. The van der Waals surface area contributed by atoms with E-state index >= 15 is 0 Å². The number of benzene rings is 1. The van der Waals surface area contributed by atoms with Crippen LogP contribution in [0.4, 0.5) is 10.1 Å². The second-order valence-corrected chi connectivity index (χ2v) is 5.87. The van der Waals surface area contributed by atoms with Crippen LogP contribution in [0.1, 0.15) is 44.6 Å². The lowest BCUT2D eigenvalue weighted by atomic mass is 9.96. The number of hydrogen-bond acceptors (Lipinski definition) is 3. The Morgan fingerprint density at radius 1 is 1.38 bits per heavy atom. The Bertz CT molecular complexity index is 493. The molecule has 4 nitrogen and oxygen atoms in total. The van der Waals surface area contributed by atoms with Gasteiger partial charge in [-0.2, -0.15) is 4.39 Å². The average Bonchev–Trinajstić information content (AvgIpc) is 2.67. The van der Waals surface area contributed by atoms with Crippen LogP contribution in [0.15, 0.2) is 18.2 Å². The van der Waals surface area contributed by atoms with Crippen LogP contribution in [0.2, 0.25) is 0 Å². The minimum Gasteiger partial charge on any atom is -0.299 e. The predicted octanol–water partition coefficient (Wildman–Crippen LogP) is 4.14. The lowest BCUT2D eigenvalue weighted by molar-refractivity contribution is -0.387. The fourth-order valence-electron chi connectivity index (χ4n) is 3.15. The minimum absolute atomic E-state index is 0.425. The Balaban J connectivity index is 2.02. The topological polar surface area (TPSA) is 46.4 Å². The van der Waals surface area contributed by atoms with Gasteiger partial charge in [0.15, 0.2) is 0 Å². The van der Waals surface area contributed by atoms with E-state index in [4.69, 9.17) is 0 Å². The van der Waals surface area contributed by atoms with E-state index in [1.165, 1.54) is 25.3 Å². The van der Waals surface area contributed by atoms with Crippen LogP contribution in [-0.4, -0.2) is 22.9 Å². The number of nitro benzene ring substituents is 1. The number of rotatable bonds is 5. The van der Waals surface area contributed by atoms with Gasteiger partial charge in [-0.3, -0.25) is 15.0 Å². The van der Waals surface area contributed by atoms with Crippen molar-refractivity contribution in [2.24, 2.45) is 5.92 Å². The van der Waals surface area contributed by atoms with Gasteiger partial charge in [-0.15, -0.1) is 0 Å². The van der Waals surface area contributed by atoms with E-state index in [0.29, 0.717) is 12.1 Å². The molecule has 1 unspecified atom stereocenters. The first-order valence-corrected chi connectivity index (χ1v) is 7.76. The molecule has 1 aromatic carbocycles. The van der Waals surface area contributed by atoms with Crippen molar-refractivity contribution in [1.29, 1.82) is 0 Å². The SMILES string of the molecule is CCCC1CCCN(Cc2cccc([N+](=O)[O-])c2F)CC1. The van der Waals surface area contributed by atoms with Gasteiger partial charge in [0.05, 0.1) is 4.92 Å². The maximum absolute atomic E-state index is 14.1. The van der Waals surface area contributed by atoms with Gasteiger partial charge in [0, 0.05) is 18.2 Å². The molecule has 5 heteroatoms. The molecular formula is C16H23FN2O2. The van der Waals surface area contributed by atoms with E-state index in [0.717, 1.165) is 31.8 Å². The largest absolute Gasteiger partial charge is 0.305 e. The minimum atomic E-state index is -0.683. The molecule has 0 spiro atoms. The van der Waals surface area contributed by atoms with E-state index in [1.54, 1.807) is 12.1 Å². The zero-order chi connectivity index (χ0) is 15.2. The smallest absolute Gasteiger partial charge is 0.299 e. The number of nitro groups is 1. The molecule has 0 bridgehead atoms. The Morgan fingerprint density at radius 3 is 2.90 bits per heavy atom. The quantitative estimate of drug-likeness (QED) is 0.605. The first kappa shape index (κ1) is 15.9. The van der Waals surface area contributed by atoms with Gasteiger partial charge in [0.1, 0.15) is 0 Å². The molecule has 2 rings (SSSR count). The molecule has 0 radical (unpaired) electrons. The molecule has 116 valence electrons. The Labute approximate surface area is 125 Å². The average molecular weight is 294 g/mol. The zero-order valence-corrected chi connectivity index (χ0v) is 12.6. The molecule has 0 N–H and O–H groups in total. The molecule has 1 aliphatic heterocycles. The monoisotopic (exact) mass is 294 g/mol. The van der Waals surface area contributed by atoms with Crippen LogP contribution >= 0.6 is 0 Å². The van der Waals surface area contributed by atoms with Crippen molar-refractivity contribution in [3.63, 3.8) is 0 Å².